The molecule has 0 unspecified atom stereocenters. The lowest BCUT2D eigenvalue weighted by atomic mass is 10.1. The van der Waals surface area contributed by atoms with Crippen molar-refractivity contribution in [3.8, 4) is 11.3 Å². The van der Waals surface area contributed by atoms with Gasteiger partial charge in [-0.1, -0.05) is 22.6 Å². The number of benzene rings is 2. The van der Waals surface area contributed by atoms with E-state index in [2.05, 4.69) is 5.10 Å². The van der Waals surface area contributed by atoms with E-state index in [9.17, 15) is 14.0 Å². The fourth-order valence-electron chi connectivity index (χ4n) is 2.31. The third kappa shape index (κ3) is 3.00. The number of hydrogen-bond donors (Lipinski definition) is 0. The predicted octanol–water partition coefficient (Wildman–Crippen LogP) is 4.30. The molecule has 0 atom stereocenters. The van der Waals surface area contributed by atoms with Gasteiger partial charge in [-0.2, -0.15) is 9.78 Å². The quantitative estimate of drug-likeness (QED) is 0.345. The standard InChI is InChI=1S/C16H9ClFIN2O2/c17-16(23)10-3-6-13-12(7-10)15(20-21(13)14(22)8-19)9-1-4-11(18)5-2-9/h1-7H,8H2. The van der Waals surface area contributed by atoms with Gasteiger partial charge in [0.25, 0.3) is 11.1 Å². The molecule has 0 saturated heterocycles. The summed E-state index contributed by atoms with van der Waals surface area (Å²) in [7, 11) is 0. The van der Waals surface area contributed by atoms with Gasteiger partial charge in [0.15, 0.2) is 0 Å². The minimum absolute atomic E-state index is 0.186. The molecule has 0 radical (unpaired) electrons. The smallest absolute Gasteiger partial charge is 0.257 e. The van der Waals surface area contributed by atoms with Crippen LogP contribution in [0, 0.1) is 5.82 Å². The molecule has 0 spiro atoms. The van der Waals surface area contributed by atoms with E-state index in [1.807, 2.05) is 22.6 Å². The molecule has 4 nitrogen and oxygen atoms in total. The number of aromatic nitrogens is 2. The SMILES string of the molecule is O=C(Cl)c1ccc2c(c1)c(-c1ccc(F)cc1)nn2C(=O)CI. The molecule has 0 bridgehead atoms. The molecule has 116 valence electrons. The Labute approximate surface area is 149 Å². The highest BCUT2D eigenvalue weighted by atomic mass is 127. The molecule has 7 heteroatoms. The number of hydrogen-bond acceptors (Lipinski definition) is 3. The Balaban J connectivity index is 2.30. The first-order valence-electron chi connectivity index (χ1n) is 6.59. The van der Waals surface area contributed by atoms with Crippen molar-refractivity contribution in [1.82, 2.24) is 9.78 Å². The number of carbonyl (C=O) groups is 2. The topological polar surface area (TPSA) is 52.0 Å². The van der Waals surface area contributed by atoms with Gasteiger partial charge < -0.3 is 0 Å². The van der Waals surface area contributed by atoms with Crippen LogP contribution in [0.3, 0.4) is 0 Å². The van der Waals surface area contributed by atoms with Crippen LogP contribution in [-0.2, 0) is 0 Å². The van der Waals surface area contributed by atoms with Gasteiger partial charge in [-0.15, -0.1) is 0 Å². The monoisotopic (exact) mass is 442 g/mol. The summed E-state index contributed by atoms with van der Waals surface area (Å²) in [5.74, 6) is -0.550. The summed E-state index contributed by atoms with van der Waals surface area (Å²) in [6.45, 7) is 0. The average molecular weight is 443 g/mol. The van der Waals surface area contributed by atoms with Crippen molar-refractivity contribution in [3.05, 3.63) is 53.8 Å². The molecule has 0 N–H and O–H groups in total. The van der Waals surface area contributed by atoms with Gasteiger partial charge in [-0.05, 0) is 54.1 Å². The number of halogens is 3. The van der Waals surface area contributed by atoms with Gasteiger partial charge in [0, 0.05) is 16.5 Å². The first-order chi connectivity index (χ1) is 11.0. The molecular weight excluding hydrogens is 434 g/mol. The van der Waals surface area contributed by atoms with E-state index < -0.39 is 5.24 Å². The van der Waals surface area contributed by atoms with Crippen LogP contribution in [0.25, 0.3) is 22.2 Å². The number of carbonyl (C=O) groups excluding carboxylic acids is 2. The second-order valence-corrected chi connectivity index (χ2v) is 5.91. The molecule has 1 aromatic heterocycles. The average Bonchev–Trinajstić information content (AvgIpc) is 2.93. The number of rotatable bonds is 3. The molecule has 0 aliphatic carbocycles. The van der Waals surface area contributed by atoms with Crippen LogP contribution in [0.1, 0.15) is 15.2 Å². The predicted molar refractivity (Wildman–Crippen MR) is 94.8 cm³/mol. The summed E-state index contributed by atoms with van der Waals surface area (Å²) >= 11 is 7.50. The third-order valence-corrected chi connectivity index (χ3v) is 4.25. The number of alkyl halides is 1. The Morgan fingerprint density at radius 3 is 2.48 bits per heavy atom. The molecule has 1 heterocycles. The molecule has 23 heavy (non-hydrogen) atoms. The van der Waals surface area contributed by atoms with Gasteiger partial charge in [0.2, 0.25) is 0 Å². The third-order valence-electron chi connectivity index (χ3n) is 3.38. The van der Waals surface area contributed by atoms with Crippen LogP contribution in [-0.4, -0.2) is 25.4 Å². The van der Waals surface area contributed by atoms with E-state index in [1.54, 1.807) is 30.3 Å². The lowest BCUT2D eigenvalue weighted by Crippen LogP contribution is -2.13. The summed E-state index contributed by atoms with van der Waals surface area (Å²) in [5.41, 5.74) is 2.03. The zero-order valence-electron chi connectivity index (χ0n) is 11.6. The van der Waals surface area contributed by atoms with Crippen molar-refractivity contribution in [3.63, 3.8) is 0 Å². The molecule has 0 amide bonds. The molecule has 2 aromatic carbocycles. The fraction of sp³-hybridized carbons (Fsp3) is 0.0625. The van der Waals surface area contributed by atoms with Crippen LogP contribution < -0.4 is 0 Å². The van der Waals surface area contributed by atoms with Crippen molar-refractivity contribution in [2.45, 2.75) is 0 Å². The lowest BCUT2D eigenvalue weighted by molar-refractivity contribution is 0.0935. The van der Waals surface area contributed by atoms with Crippen LogP contribution in [0.5, 0.6) is 0 Å². The Kier molecular flexibility index (Phi) is 4.45. The van der Waals surface area contributed by atoms with Gasteiger partial charge in [0.05, 0.1) is 9.94 Å². The highest BCUT2D eigenvalue weighted by molar-refractivity contribution is 14.1. The van der Waals surface area contributed by atoms with Gasteiger partial charge in [0.1, 0.15) is 11.5 Å². The Morgan fingerprint density at radius 1 is 1.17 bits per heavy atom. The van der Waals surface area contributed by atoms with Gasteiger partial charge in [-0.25, -0.2) is 4.39 Å². The summed E-state index contributed by atoms with van der Waals surface area (Å²) in [6, 6.07) is 10.6. The normalized spacial score (nSPS) is 10.9. The van der Waals surface area contributed by atoms with Gasteiger partial charge >= 0.3 is 0 Å². The second-order valence-electron chi connectivity index (χ2n) is 4.80. The lowest BCUT2D eigenvalue weighted by Gasteiger charge is -1.99. The van der Waals surface area contributed by atoms with Crippen molar-refractivity contribution in [1.29, 1.82) is 0 Å². The van der Waals surface area contributed by atoms with E-state index >= 15 is 0 Å². The maximum atomic E-state index is 13.1. The van der Waals surface area contributed by atoms with E-state index in [-0.39, 0.29) is 16.2 Å². The Bertz CT molecular complexity index is 922. The molecular formula is C16H9ClFIN2O2. The van der Waals surface area contributed by atoms with Crippen molar-refractivity contribution < 1.29 is 14.0 Å². The van der Waals surface area contributed by atoms with E-state index in [0.29, 0.717) is 27.7 Å². The minimum atomic E-state index is -0.593. The number of nitrogens with zero attached hydrogens (tertiary/aromatic N) is 2. The Hall–Kier alpha value is -1.80. The van der Waals surface area contributed by atoms with Crippen molar-refractivity contribution >= 4 is 56.2 Å². The first kappa shape index (κ1) is 16.1. The summed E-state index contributed by atoms with van der Waals surface area (Å²) in [4.78, 5) is 23.5. The van der Waals surface area contributed by atoms with Gasteiger partial charge in [-0.3, -0.25) is 9.59 Å². The zero-order chi connectivity index (χ0) is 16.6. The van der Waals surface area contributed by atoms with Crippen molar-refractivity contribution in [2.75, 3.05) is 4.43 Å². The zero-order valence-corrected chi connectivity index (χ0v) is 14.5. The second kappa shape index (κ2) is 6.37. The summed E-state index contributed by atoms with van der Waals surface area (Å²) < 4.78 is 14.7. The van der Waals surface area contributed by atoms with Crippen LogP contribution >= 0.6 is 34.2 Å². The minimum Gasteiger partial charge on any atom is -0.276 e. The molecule has 3 aromatic rings. The maximum absolute atomic E-state index is 13.1. The summed E-state index contributed by atoms with van der Waals surface area (Å²) in [6.07, 6.45) is 0. The molecule has 0 aliphatic heterocycles. The Morgan fingerprint density at radius 2 is 1.87 bits per heavy atom. The highest BCUT2D eigenvalue weighted by Crippen LogP contribution is 2.29. The fourth-order valence-corrected chi connectivity index (χ4v) is 2.75. The maximum Gasteiger partial charge on any atom is 0.257 e. The van der Waals surface area contributed by atoms with E-state index in [0.717, 1.165) is 0 Å². The van der Waals surface area contributed by atoms with Crippen molar-refractivity contribution in [2.24, 2.45) is 0 Å². The number of fused-ring (bicyclic) bond motifs is 1. The molecule has 0 fully saturated rings. The van der Waals surface area contributed by atoms with Crippen LogP contribution in [0.2, 0.25) is 0 Å². The van der Waals surface area contributed by atoms with Crippen LogP contribution in [0.4, 0.5) is 4.39 Å². The first-order valence-corrected chi connectivity index (χ1v) is 8.49. The molecule has 0 aliphatic rings. The van der Waals surface area contributed by atoms with E-state index in [4.69, 9.17) is 11.6 Å². The van der Waals surface area contributed by atoms with Crippen LogP contribution in [0.15, 0.2) is 42.5 Å². The van der Waals surface area contributed by atoms with E-state index in [1.165, 1.54) is 16.8 Å². The molecule has 0 saturated carbocycles. The molecule has 3 rings (SSSR count). The summed E-state index contributed by atoms with van der Waals surface area (Å²) in [5, 5.41) is 4.37. The largest absolute Gasteiger partial charge is 0.276 e. The highest BCUT2D eigenvalue weighted by Gasteiger charge is 2.17.